The van der Waals surface area contributed by atoms with E-state index >= 15 is 0 Å². The van der Waals surface area contributed by atoms with Gasteiger partial charge in [-0.1, -0.05) is 34.1 Å². The molecule has 2 atom stereocenters. The summed E-state index contributed by atoms with van der Waals surface area (Å²) in [7, 11) is 0. The molecule has 19 heavy (non-hydrogen) atoms. The SMILES string of the molecule is CCC(C)CC(=O)N(N)CC(CC(=O)O)CC(C)C. The summed E-state index contributed by atoms with van der Waals surface area (Å²) in [6.45, 7) is 8.44. The molecule has 0 heterocycles. The third-order valence-corrected chi connectivity index (χ3v) is 3.26. The molecule has 0 fully saturated rings. The number of carboxylic acid groups (broad SMARTS) is 1. The summed E-state index contributed by atoms with van der Waals surface area (Å²) < 4.78 is 0. The molecule has 5 heteroatoms. The van der Waals surface area contributed by atoms with Gasteiger partial charge in [-0.2, -0.15) is 0 Å². The van der Waals surface area contributed by atoms with E-state index < -0.39 is 5.97 Å². The maximum absolute atomic E-state index is 11.9. The lowest BCUT2D eigenvalue weighted by atomic mass is 9.93. The van der Waals surface area contributed by atoms with E-state index in [9.17, 15) is 9.59 Å². The van der Waals surface area contributed by atoms with Crippen LogP contribution >= 0.6 is 0 Å². The van der Waals surface area contributed by atoms with E-state index in [1.165, 1.54) is 5.01 Å². The van der Waals surface area contributed by atoms with Crippen LogP contribution in [0.2, 0.25) is 0 Å². The number of rotatable bonds is 9. The summed E-state index contributed by atoms with van der Waals surface area (Å²) in [6.07, 6.45) is 2.18. The molecule has 0 aliphatic carbocycles. The largest absolute Gasteiger partial charge is 0.481 e. The average Bonchev–Trinajstić information content (AvgIpc) is 2.26. The molecular weight excluding hydrogens is 244 g/mol. The third kappa shape index (κ3) is 8.59. The number of nitrogens with zero attached hydrogens (tertiary/aromatic N) is 1. The molecule has 0 rings (SSSR count). The predicted octanol–water partition coefficient (Wildman–Crippen LogP) is 2.26. The first-order chi connectivity index (χ1) is 8.76. The Morgan fingerprint density at radius 2 is 1.79 bits per heavy atom. The Kier molecular flexibility index (Phi) is 8.39. The van der Waals surface area contributed by atoms with Gasteiger partial charge in [0.15, 0.2) is 0 Å². The molecule has 0 saturated heterocycles. The van der Waals surface area contributed by atoms with Gasteiger partial charge >= 0.3 is 5.97 Å². The van der Waals surface area contributed by atoms with E-state index in [1.54, 1.807) is 0 Å². The molecule has 3 N–H and O–H groups in total. The van der Waals surface area contributed by atoms with Crippen LogP contribution in [-0.4, -0.2) is 28.5 Å². The molecule has 2 unspecified atom stereocenters. The lowest BCUT2D eigenvalue weighted by Crippen LogP contribution is -2.42. The van der Waals surface area contributed by atoms with E-state index in [0.29, 0.717) is 24.8 Å². The first-order valence-electron chi connectivity index (χ1n) is 7.03. The number of carboxylic acids is 1. The van der Waals surface area contributed by atoms with Gasteiger partial charge in [-0.05, 0) is 24.2 Å². The number of carbonyl (C=O) groups is 2. The van der Waals surface area contributed by atoms with Crippen LogP contribution in [0.15, 0.2) is 0 Å². The van der Waals surface area contributed by atoms with Crippen LogP contribution in [0.1, 0.15) is 53.4 Å². The second-order valence-corrected chi connectivity index (χ2v) is 5.86. The van der Waals surface area contributed by atoms with Crippen molar-refractivity contribution in [2.24, 2.45) is 23.6 Å². The third-order valence-electron chi connectivity index (χ3n) is 3.26. The zero-order chi connectivity index (χ0) is 15.0. The summed E-state index contributed by atoms with van der Waals surface area (Å²) in [5.74, 6) is 5.44. The van der Waals surface area contributed by atoms with Gasteiger partial charge in [0.2, 0.25) is 5.91 Å². The second kappa shape index (κ2) is 8.91. The highest BCUT2D eigenvalue weighted by Gasteiger charge is 2.20. The number of hydrogen-bond donors (Lipinski definition) is 2. The maximum Gasteiger partial charge on any atom is 0.303 e. The minimum absolute atomic E-state index is 0.0580. The van der Waals surface area contributed by atoms with Crippen molar-refractivity contribution in [3.8, 4) is 0 Å². The molecule has 0 spiro atoms. The van der Waals surface area contributed by atoms with Crippen LogP contribution in [0, 0.1) is 17.8 Å². The summed E-state index contributed by atoms with van der Waals surface area (Å²) in [4.78, 5) is 22.7. The van der Waals surface area contributed by atoms with E-state index in [-0.39, 0.29) is 18.2 Å². The number of carbonyl (C=O) groups excluding carboxylic acids is 1. The van der Waals surface area contributed by atoms with Gasteiger partial charge < -0.3 is 5.11 Å². The minimum atomic E-state index is -0.839. The van der Waals surface area contributed by atoms with Gasteiger partial charge in [-0.3, -0.25) is 14.6 Å². The van der Waals surface area contributed by atoms with Crippen molar-refractivity contribution in [1.82, 2.24) is 5.01 Å². The first-order valence-corrected chi connectivity index (χ1v) is 7.03. The number of aliphatic carboxylic acids is 1. The molecule has 0 aromatic heterocycles. The van der Waals surface area contributed by atoms with Gasteiger partial charge in [0.05, 0.1) is 0 Å². The molecule has 0 radical (unpaired) electrons. The highest BCUT2D eigenvalue weighted by molar-refractivity contribution is 5.75. The quantitative estimate of drug-likeness (QED) is 0.383. The van der Waals surface area contributed by atoms with Crippen molar-refractivity contribution in [1.29, 1.82) is 0 Å². The van der Waals surface area contributed by atoms with E-state index in [0.717, 1.165) is 12.8 Å². The van der Waals surface area contributed by atoms with Crippen LogP contribution in [0.3, 0.4) is 0 Å². The van der Waals surface area contributed by atoms with Crippen LogP contribution in [0.25, 0.3) is 0 Å². The summed E-state index contributed by atoms with van der Waals surface area (Å²) in [5, 5.41) is 10.1. The second-order valence-electron chi connectivity index (χ2n) is 5.86. The molecule has 112 valence electrons. The lowest BCUT2D eigenvalue weighted by Gasteiger charge is -2.24. The average molecular weight is 272 g/mol. The van der Waals surface area contributed by atoms with Crippen molar-refractivity contribution in [3.05, 3.63) is 0 Å². The van der Waals surface area contributed by atoms with Crippen molar-refractivity contribution >= 4 is 11.9 Å². The number of hydrazine groups is 1. The Morgan fingerprint density at radius 1 is 1.21 bits per heavy atom. The van der Waals surface area contributed by atoms with Gasteiger partial charge in [0.1, 0.15) is 0 Å². The van der Waals surface area contributed by atoms with E-state index in [2.05, 4.69) is 0 Å². The Hall–Kier alpha value is -1.10. The summed E-state index contributed by atoms with van der Waals surface area (Å²) >= 11 is 0. The molecule has 0 bridgehead atoms. The highest BCUT2D eigenvalue weighted by atomic mass is 16.4. The van der Waals surface area contributed by atoms with Crippen LogP contribution in [-0.2, 0) is 9.59 Å². The highest BCUT2D eigenvalue weighted by Crippen LogP contribution is 2.17. The topological polar surface area (TPSA) is 83.6 Å². The van der Waals surface area contributed by atoms with Crippen LogP contribution in [0.5, 0.6) is 0 Å². The number of nitrogens with two attached hydrogens (primary N) is 1. The van der Waals surface area contributed by atoms with Gasteiger partial charge in [0.25, 0.3) is 0 Å². The molecule has 0 aromatic carbocycles. The van der Waals surface area contributed by atoms with Crippen molar-refractivity contribution in [2.75, 3.05) is 6.54 Å². The number of amides is 1. The van der Waals surface area contributed by atoms with Crippen molar-refractivity contribution in [3.63, 3.8) is 0 Å². The van der Waals surface area contributed by atoms with Crippen molar-refractivity contribution < 1.29 is 14.7 Å². The molecule has 0 saturated carbocycles. The molecule has 1 amide bonds. The summed E-state index contributed by atoms with van der Waals surface area (Å²) in [6, 6.07) is 0. The lowest BCUT2D eigenvalue weighted by molar-refractivity contribution is -0.140. The fraction of sp³-hybridized carbons (Fsp3) is 0.857. The van der Waals surface area contributed by atoms with E-state index in [4.69, 9.17) is 10.9 Å². The predicted molar refractivity (Wildman–Crippen MR) is 75.2 cm³/mol. The standard InChI is InChI=1S/C14H28N2O3/c1-5-11(4)7-13(17)16(15)9-12(6-10(2)3)8-14(18)19/h10-12H,5-9,15H2,1-4H3,(H,18,19). The van der Waals surface area contributed by atoms with Gasteiger partial charge in [0, 0.05) is 19.4 Å². The fourth-order valence-corrected chi connectivity index (χ4v) is 2.08. The van der Waals surface area contributed by atoms with Gasteiger partial charge in [-0.25, -0.2) is 5.84 Å². The maximum atomic E-state index is 11.9. The number of hydrogen-bond acceptors (Lipinski definition) is 3. The van der Waals surface area contributed by atoms with Gasteiger partial charge in [-0.15, -0.1) is 0 Å². The van der Waals surface area contributed by atoms with Crippen molar-refractivity contribution in [2.45, 2.75) is 53.4 Å². The normalized spacial score (nSPS) is 14.2. The Bertz CT molecular complexity index is 292. The molecule has 0 aliphatic heterocycles. The molecule has 0 aliphatic rings. The zero-order valence-corrected chi connectivity index (χ0v) is 12.6. The Labute approximate surface area is 116 Å². The fourth-order valence-electron chi connectivity index (χ4n) is 2.08. The van der Waals surface area contributed by atoms with Crippen LogP contribution in [0.4, 0.5) is 0 Å². The monoisotopic (exact) mass is 272 g/mol. The molecular formula is C14H28N2O3. The zero-order valence-electron chi connectivity index (χ0n) is 12.6. The molecule has 0 aromatic rings. The minimum Gasteiger partial charge on any atom is -0.481 e. The van der Waals surface area contributed by atoms with E-state index in [1.807, 2.05) is 27.7 Å². The Balaban J connectivity index is 4.39. The molecule has 5 nitrogen and oxygen atoms in total. The first kappa shape index (κ1) is 17.9. The van der Waals surface area contributed by atoms with Crippen LogP contribution < -0.4 is 5.84 Å². The Morgan fingerprint density at radius 3 is 2.21 bits per heavy atom. The smallest absolute Gasteiger partial charge is 0.303 e. The summed E-state index contributed by atoms with van der Waals surface area (Å²) in [5.41, 5.74) is 0.